The second-order valence-electron chi connectivity index (χ2n) is 18.9. The summed E-state index contributed by atoms with van der Waals surface area (Å²) in [5.74, 6) is 1.59. The topological polar surface area (TPSA) is 169 Å². The Labute approximate surface area is 399 Å². The minimum absolute atomic E-state index is 0.0472. The molecule has 67 heavy (non-hydrogen) atoms. The van der Waals surface area contributed by atoms with Gasteiger partial charge in [-0.2, -0.15) is 9.78 Å². The third kappa shape index (κ3) is 14.5. The van der Waals surface area contributed by atoms with E-state index in [2.05, 4.69) is 72.5 Å². The van der Waals surface area contributed by atoms with Gasteiger partial charge in [0.25, 0.3) is 0 Å². The molecule has 1 atom stereocenters. The first-order valence-electron chi connectivity index (χ1n) is 24.0. The Balaban J connectivity index is 1.36. The van der Waals surface area contributed by atoms with E-state index in [4.69, 9.17) is 19.6 Å². The van der Waals surface area contributed by atoms with Gasteiger partial charge in [-0.05, 0) is 112 Å². The zero-order valence-corrected chi connectivity index (χ0v) is 42.7. The molecule has 2 N–H and O–H groups in total. The van der Waals surface area contributed by atoms with Crippen LogP contribution in [0.3, 0.4) is 0 Å². The average Bonchev–Trinajstić information content (AvgIpc) is 3.85. The van der Waals surface area contributed by atoms with Crippen LogP contribution in [-0.4, -0.2) is 91.4 Å². The third-order valence-corrected chi connectivity index (χ3v) is 13.2. The number of rotatable bonds is 25. The molecule has 0 saturated carbocycles. The zero-order valence-electron chi connectivity index (χ0n) is 41.8. The number of methoxy groups -OCH3 is 1. The van der Waals surface area contributed by atoms with Gasteiger partial charge in [0, 0.05) is 41.6 Å². The second kappa shape index (κ2) is 23.9. The van der Waals surface area contributed by atoms with Gasteiger partial charge in [-0.15, -0.1) is 10.2 Å². The van der Waals surface area contributed by atoms with Crippen molar-refractivity contribution in [2.75, 3.05) is 49.0 Å². The summed E-state index contributed by atoms with van der Waals surface area (Å²) in [5.41, 5.74) is 7.59. The van der Waals surface area contributed by atoms with Gasteiger partial charge in [-0.3, -0.25) is 9.59 Å². The lowest BCUT2D eigenvalue weighted by atomic mass is 9.87. The van der Waals surface area contributed by atoms with Crippen LogP contribution < -0.4 is 25.0 Å². The van der Waals surface area contributed by atoms with E-state index in [1.54, 1.807) is 11.8 Å². The molecule has 5 rings (SSSR count). The number of nitrogens with zero attached hydrogens (tertiary/aromatic N) is 6. The summed E-state index contributed by atoms with van der Waals surface area (Å²) in [6.45, 7) is 20.5. The highest BCUT2D eigenvalue weighted by Crippen LogP contribution is 2.37. The molecule has 14 nitrogen and oxygen atoms in total. The van der Waals surface area contributed by atoms with Crippen LogP contribution in [0.25, 0.3) is 11.4 Å². The van der Waals surface area contributed by atoms with E-state index < -0.39 is 27.2 Å². The number of nitrogens with one attached hydrogen (secondary N) is 2. The molecule has 2 heterocycles. The van der Waals surface area contributed by atoms with Gasteiger partial charge in [0.2, 0.25) is 17.6 Å². The van der Waals surface area contributed by atoms with Crippen molar-refractivity contribution in [3.8, 4) is 22.9 Å². The van der Waals surface area contributed by atoms with E-state index in [0.717, 1.165) is 88.5 Å². The molecule has 0 bridgehead atoms. The molecule has 0 saturated heterocycles. The number of carbonyl (C=O) groups excluding carboxylic acids is 2. The second-order valence-corrected chi connectivity index (χ2v) is 21.1. The average molecular weight is 939 g/mol. The molecule has 3 aromatic carbocycles. The summed E-state index contributed by atoms with van der Waals surface area (Å²) < 4.78 is 37.5. The van der Waals surface area contributed by atoms with Gasteiger partial charge in [-0.1, -0.05) is 85.1 Å². The number of aromatic nitrogens is 3. The summed E-state index contributed by atoms with van der Waals surface area (Å²) >= 11 is 0. The summed E-state index contributed by atoms with van der Waals surface area (Å²) in [6, 6.07) is 14.8. The Bertz CT molecular complexity index is 2510. The normalized spacial score (nSPS) is 13.6. The van der Waals surface area contributed by atoms with Crippen molar-refractivity contribution in [2.45, 2.75) is 139 Å². The van der Waals surface area contributed by atoms with E-state index in [0.29, 0.717) is 42.6 Å². The van der Waals surface area contributed by atoms with E-state index in [9.17, 15) is 18.0 Å². The van der Waals surface area contributed by atoms with Crippen molar-refractivity contribution in [1.29, 1.82) is 0 Å². The van der Waals surface area contributed by atoms with Gasteiger partial charge < -0.3 is 25.0 Å². The monoisotopic (exact) mass is 939 g/mol. The maximum Gasteiger partial charge on any atom is 0.246 e. The lowest BCUT2D eigenvalue weighted by Gasteiger charge is -2.24. The van der Waals surface area contributed by atoms with E-state index in [1.807, 2.05) is 64.1 Å². The van der Waals surface area contributed by atoms with Crippen molar-refractivity contribution in [3.05, 3.63) is 76.6 Å². The predicted octanol–water partition coefficient (Wildman–Crippen LogP) is 10.3. The Morgan fingerprint density at radius 3 is 2.09 bits per heavy atom. The van der Waals surface area contributed by atoms with Crippen LogP contribution in [0.2, 0.25) is 0 Å². The van der Waals surface area contributed by atoms with Gasteiger partial charge in [0.05, 0.1) is 30.8 Å². The smallest absolute Gasteiger partial charge is 0.246 e. The molecular weight excluding hydrogens is 865 g/mol. The number of likely N-dealkylation sites (N-methyl/N-ethyl adjacent to an activating group) is 1. The van der Waals surface area contributed by atoms with Crippen LogP contribution in [0, 0.1) is 33.1 Å². The first-order valence-corrected chi connectivity index (χ1v) is 26.1. The van der Waals surface area contributed by atoms with E-state index in [1.165, 1.54) is 32.1 Å². The molecular formula is C52H74N8O6S. The number of fused-ring (bicyclic) bond motifs is 1. The highest BCUT2D eigenvalue weighted by molar-refractivity contribution is 7.90. The van der Waals surface area contributed by atoms with E-state index >= 15 is 0 Å². The fraction of sp³-hybridized carbons (Fsp3) is 0.538. The number of unbranched alkanes of at least 4 members (excludes halogenated alkanes) is 8. The number of ether oxygens (including phenoxy) is 2. The highest BCUT2D eigenvalue weighted by Gasteiger charge is 2.36. The number of benzene rings is 3. The van der Waals surface area contributed by atoms with Crippen molar-refractivity contribution in [2.24, 2.45) is 15.5 Å². The molecule has 1 aliphatic rings. The predicted molar refractivity (Wildman–Crippen MR) is 272 cm³/mol. The fourth-order valence-corrected chi connectivity index (χ4v) is 9.10. The minimum Gasteiger partial charge on any atom is -0.497 e. The molecule has 0 aliphatic carbocycles. The summed E-state index contributed by atoms with van der Waals surface area (Å²) in [6.07, 6.45) is 11.4. The molecule has 1 aliphatic heterocycles. The van der Waals surface area contributed by atoms with Crippen LogP contribution in [0.4, 0.5) is 17.1 Å². The first kappa shape index (κ1) is 52.4. The minimum atomic E-state index is -3.40. The molecule has 0 spiro atoms. The number of carbonyl (C=O) groups is 2. The molecule has 0 radical (unpaired) electrons. The Morgan fingerprint density at radius 1 is 0.836 bits per heavy atom. The van der Waals surface area contributed by atoms with Gasteiger partial charge in [0.15, 0.2) is 5.82 Å². The lowest BCUT2D eigenvalue weighted by Crippen LogP contribution is -2.45. The number of hydrogen-bond donors (Lipinski definition) is 2. The van der Waals surface area contributed by atoms with Crippen molar-refractivity contribution < 1.29 is 27.5 Å². The van der Waals surface area contributed by atoms with Crippen LogP contribution in [0.15, 0.2) is 58.6 Å². The Kier molecular flexibility index (Phi) is 18.7. The first-order chi connectivity index (χ1) is 31.8. The lowest BCUT2D eigenvalue weighted by molar-refractivity contribution is -0.126. The third-order valence-electron chi connectivity index (χ3n) is 12.2. The molecule has 15 heteroatoms. The number of aryl methyl sites for hydroxylation is 3. The highest BCUT2D eigenvalue weighted by atomic mass is 32.2. The molecule has 4 aromatic rings. The summed E-state index contributed by atoms with van der Waals surface area (Å²) in [7, 11) is -1.76. The van der Waals surface area contributed by atoms with Crippen molar-refractivity contribution >= 4 is 50.1 Å². The van der Waals surface area contributed by atoms with Crippen molar-refractivity contribution in [3.63, 3.8) is 0 Å². The molecule has 1 unspecified atom stereocenters. The maximum atomic E-state index is 14.1. The van der Waals surface area contributed by atoms with Gasteiger partial charge in [0.1, 0.15) is 39.7 Å². The Morgan fingerprint density at radius 2 is 1.48 bits per heavy atom. The zero-order chi connectivity index (χ0) is 48.9. The van der Waals surface area contributed by atoms with Crippen LogP contribution in [0.1, 0.15) is 133 Å². The Hall–Kier alpha value is -5.57. The number of hydrogen-bond acceptors (Lipinski definition) is 11. The van der Waals surface area contributed by atoms with E-state index in [-0.39, 0.29) is 24.5 Å². The molecule has 364 valence electrons. The van der Waals surface area contributed by atoms with Gasteiger partial charge >= 0.3 is 0 Å². The largest absolute Gasteiger partial charge is 0.497 e. The number of aliphatic imine (C=N–C) groups is 1. The summed E-state index contributed by atoms with van der Waals surface area (Å²) in [4.78, 5) is 34.7. The van der Waals surface area contributed by atoms with Crippen molar-refractivity contribution in [1.82, 2.24) is 20.2 Å². The fourth-order valence-electron chi connectivity index (χ4n) is 8.43. The molecule has 0 fully saturated rings. The summed E-state index contributed by atoms with van der Waals surface area (Å²) in [5, 5.41) is 20.4. The van der Waals surface area contributed by atoms with Crippen LogP contribution >= 0.6 is 0 Å². The SMILES string of the molecule is CCCCCCCCCCCC(=O)NC(CCS(C)(=O)=O)C(=O)Nc1c(C)cc(C)c(-c2nnc3n2N=C(C(C)(C)C)C3=Nc2ccc(N(CC)CCOc3ccc(OC)cc3)cc2C)c1C. The van der Waals surface area contributed by atoms with Gasteiger partial charge in [-0.25, -0.2) is 13.4 Å². The van der Waals surface area contributed by atoms with Crippen LogP contribution in [0.5, 0.6) is 11.5 Å². The van der Waals surface area contributed by atoms with Crippen LogP contribution in [-0.2, 0) is 19.4 Å². The molecule has 1 aromatic heterocycles. The number of amides is 2. The standard InChI is InChI=1S/C52H74N8O6S/c1-12-14-15-16-17-18-19-20-21-22-44(61)53-43(29-32-67(11,63)64)51(62)55-46-37(5)33-36(4)45(38(46)6)49-56-57-50-47(48(52(7,8)9)58-60(49)50)54-42-28-23-39(34-35(42)3)59(13-2)30-31-66-41-26-24-40(65-10)25-27-41/h23-28,33-34,43H,12-22,29-32H2,1-11H3,(H,53,61)(H,55,62). The number of sulfone groups is 1. The number of anilines is 2. The molecule has 2 amide bonds. The maximum absolute atomic E-state index is 14.1. The quantitative estimate of drug-likeness (QED) is 0.0614.